The first-order valence-corrected chi connectivity index (χ1v) is 19.2. The molecule has 1 aliphatic carbocycles. The van der Waals surface area contributed by atoms with Gasteiger partial charge in [-0.25, -0.2) is 15.0 Å². The number of aromatic nitrogens is 3. The number of allylic oxidation sites excluding steroid dienone is 3. The number of anilines is 2. The first kappa shape index (κ1) is 32.8. The first-order valence-electron chi connectivity index (χ1n) is 19.2. The van der Waals surface area contributed by atoms with Crippen molar-refractivity contribution in [3.63, 3.8) is 0 Å². The minimum Gasteiger partial charge on any atom is -0.456 e. The maximum Gasteiger partial charge on any atom is 0.164 e. The summed E-state index contributed by atoms with van der Waals surface area (Å²) in [4.78, 5) is 17.3. The van der Waals surface area contributed by atoms with E-state index in [1.54, 1.807) is 0 Å². The molecule has 0 fully saturated rings. The number of benzene rings is 7. The maximum atomic E-state index is 6.62. The molecule has 0 saturated heterocycles. The Bertz CT molecular complexity index is 2970. The molecule has 0 N–H and O–H groups in total. The van der Waals surface area contributed by atoms with Crippen molar-refractivity contribution in [2.45, 2.75) is 12.3 Å². The monoisotopic (exact) mass is 734 g/mol. The van der Waals surface area contributed by atoms with E-state index < -0.39 is 0 Å². The molecule has 0 amide bonds. The van der Waals surface area contributed by atoms with Crippen molar-refractivity contribution in [1.82, 2.24) is 15.0 Å². The van der Waals surface area contributed by atoms with Gasteiger partial charge in [-0.15, -0.1) is 0 Å². The van der Waals surface area contributed by atoms with Crippen LogP contribution in [0, 0.1) is 0 Å². The highest BCUT2D eigenvalue weighted by molar-refractivity contribution is 6.12. The van der Waals surface area contributed by atoms with E-state index in [9.17, 15) is 0 Å². The van der Waals surface area contributed by atoms with Crippen LogP contribution in [0.4, 0.5) is 11.4 Å². The summed E-state index contributed by atoms with van der Waals surface area (Å²) in [6.45, 7) is 0. The Hall–Kier alpha value is -7.57. The van der Waals surface area contributed by atoms with Gasteiger partial charge in [0.1, 0.15) is 11.2 Å². The molecule has 1 aliphatic heterocycles. The molecule has 11 rings (SSSR count). The standard InChI is InChI=1S/C51H34N4O2/c1-4-14-33(15-5-1)36-20-12-21-39(30-36)55-42-23-10-11-24-44(42)56-47-32-38(27-29-43(47)55)37-26-28-40-46(31-37)57-45-25-13-22-41(48(40)45)51-53-49(34-16-6-2-7-17-34)52-50(54-51)35-18-8-3-9-19-35/h1-19,21-32,36H,20H2. The van der Waals surface area contributed by atoms with Gasteiger partial charge in [-0.2, -0.15) is 0 Å². The van der Waals surface area contributed by atoms with Crippen LogP contribution in [-0.4, -0.2) is 15.0 Å². The molecule has 1 atom stereocenters. The zero-order valence-corrected chi connectivity index (χ0v) is 30.8. The molecule has 2 aromatic heterocycles. The van der Waals surface area contributed by atoms with Crippen LogP contribution in [0.15, 0.2) is 198 Å². The van der Waals surface area contributed by atoms with E-state index in [0.29, 0.717) is 23.4 Å². The summed E-state index contributed by atoms with van der Waals surface area (Å²) in [5, 5.41) is 1.96. The zero-order chi connectivity index (χ0) is 37.7. The highest BCUT2D eigenvalue weighted by Crippen LogP contribution is 2.51. The second-order valence-electron chi connectivity index (χ2n) is 14.4. The van der Waals surface area contributed by atoms with Gasteiger partial charge >= 0.3 is 0 Å². The van der Waals surface area contributed by atoms with E-state index in [4.69, 9.17) is 24.1 Å². The molecule has 3 heterocycles. The Morgan fingerprint density at radius 1 is 0.509 bits per heavy atom. The van der Waals surface area contributed by atoms with Crippen LogP contribution >= 0.6 is 0 Å². The van der Waals surface area contributed by atoms with Gasteiger partial charge in [-0.05, 0) is 71.7 Å². The average molecular weight is 735 g/mol. The van der Waals surface area contributed by atoms with Gasteiger partial charge in [-0.1, -0.05) is 140 Å². The Morgan fingerprint density at radius 2 is 1.16 bits per heavy atom. The molecule has 0 saturated carbocycles. The lowest BCUT2D eigenvalue weighted by atomic mass is 9.91. The number of rotatable bonds is 6. The molecule has 0 radical (unpaired) electrons. The molecule has 0 bridgehead atoms. The topological polar surface area (TPSA) is 64.3 Å². The number of ether oxygens (including phenoxy) is 1. The average Bonchev–Trinajstić information content (AvgIpc) is 3.67. The van der Waals surface area contributed by atoms with Gasteiger partial charge in [-0.3, -0.25) is 0 Å². The van der Waals surface area contributed by atoms with Crippen LogP contribution in [0.1, 0.15) is 17.9 Å². The third-order valence-electron chi connectivity index (χ3n) is 10.8. The minimum absolute atomic E-state index is 0.293. The predicted molar refractivity (Wildman–Crippen MR) is 229 cm³/mol. The largest absolute Gasteiger partial charge is 0.456 e. The molecule has 0 spiro atoms. The first-order chi connectivity index (χ1) is 28.2. The third kappa shape index (κ3) is 5.86. The van der Waals surface area contributed by atoms with Crippen molar-refractivity contribution in [2.75, 3.05) is 4.90 Å². The van der Waals surface area contributed by atoms with Gasteiger partial charge in [0.25, 0.3) is 0 Å². The normalized spacial score (nSPS) is 14.6. The van der Waals surface area contributed by atoms with E-state index in [1.807, 2.05) is 84.9 Å². The van der Waals surface area contributed by atoms with Gasteiger partial charge in [0.05, 0.1) is 11.4 Å². The molecule has 9 aromatic rings. The van der Waals surface area contributed by atoms with E-state index >= 15 is 0 Å². The number of para-hydroxylation sites is 2. The summed E-state index contributed by atoms with van der Waals surface area (Å²) in [7, 11) is 0. The summed E-state index contributed by atoms with van der Waals surface area (Å²) < 4.78 is 13.2. The fraction of sp³-hybridized carbons (Fsp3) is 0.0392. The molecular formula is C51H34N4O2. The number of hydrogen-bond donors (Lipinski definition) is 0. The number of hydrogen-bond acceptors (Lipinski definition) is 6. The molecule has 57 heavy (non-hydrogen) atoms. The van der Waals surface area contributed by atoms with E-state index in [2.05, 4.69) is 108 Å². The second kappa shape index (κ2) is 13.6. The number of nitrogens with zero attached hydrogens (tertiary/aromatic N) is 4. The van der Waals surface area contributed by atoms with Crippen LogP contribution in [-0.2, 0) is 0 Å². The van der Waals surface area contributed by atoms with Crippen molar-refractivity contribution in [1.29, 1.82) is 0 Å². The van der Waals surface area contributed by atoms with Gasteiger partial charge in [0, 0.05) is 39.1 Å². The van der Waals surface area contributed by atoms with Crippen molar-refractivity contribution < 1.29 is 9.15 Å². The Balaban J connectivity index is 0.992. The molecule has 6 heteroatoms. The van der Waals surface area contributed by atoms with Gasteiger partial charge in [0.15, 0.2) is 29.0 Å². The molecule has 270 valence electrons. The summed E-state index contributed by atoms with van der Waals surface area (Å²) in [6, 6.07) is 58.0. The lowest BCUT2D eigenvalue weighted by molar-refractivity contribution is 0.476. The highest BCUT2D eigenvalue weighted by Gasteiger charge is 2.28. The summed E-state index contributed by atoms with van der Waals surface area (Å²) >= 11 is 0. The van der Waals surface area contributed by atoms with E-state index in [-0.39, 0.29) is 0 Å². The van der Waals surface area contributed by atoms with Crippen LogP contribution in [0.5, 0.6) is 11.5 Å². The zero-order valence-electron chi connectivity index (χ0n) is 30.8. The predicted octanol–water partition coefficient (Wildman–Crippen LogP) is 13.3. The molecule has 7 aromatic carbocycles. The van der Waals surface area contributed by atoms with Crippen molar-refractivity contribution in [3.05, 3.63) is 199 Å². The number of fused-ring (bicyclic) bond motifs is 5. The molecular weight excluding hydrogens is 701 g/mol. The Kier molecular flexibility index (Phi) is 7.84. The fourth-order valence-corrected chi connectivity index (χ4v) is 8.08. The third-order valence-corrected chi connectivity index (χ3v) is 10.8. The highest BCUT2D eigenvalue weighted by atomic mass is 16.5. The van der Waals surface area contributed by atoms with Crippen molar-refractivity contribution >= 4 is 33.3 Å². The lowest BCUT2D eigenvalue weighted by Gasteiger charge is -2.35. The van der Waals surface area contributed by atoms with Gasteiger partial charge in [0.2, 0.25) is 0 Å². The quantitative estimate of drug-likeness (QED) is 0.169. The van der Waals surface area contributed by atoms with Crippen molar-refractivity contribution in [2.24, 2.45) is 0 Å². The van der Waals surface area contributed by atoms with Crippen LogP contribution < -0.4 is 9.64 Å². The minimum atomic E-state index is 0.293. The number of furan rings is 1. The Morgan fingerprint density at radius 3 is 1.93 bits per heavy atom. The second-order valence-corrected chi connectivity index (χ2v) is 14.4. The van der Waals surface area contributed by atoms with Crippen LogP contribution in [0.2, 0.25) is 0 Å². The van der Waals surface area contributed by atoms with E-state index in [1.165, 1.54) is 5.56 Å². The summed E-state index contributed by atoms with van der Waals surface area (Å²) in [5.74, 6) is 3.75. The van der Waals surface area contributed by atoms with Crippen LogP contribution in [0.3, 0.4) is 0 Å². The smallest absolute Gasteiger partial charge is 0.164 e. The molecule has 2 aliphatic rings. The lowest BCUT2D eigenvalue weighted by Crippen LogP contribution is -2.21. The van der Waals surface area contributed by atoms with Gasteiger partial charge < -0.3 is 14.1 Å². The maximum absolute atomic E-state index is 6.62. The Labute approximate surface area is 329 Å². The van der Waals surface area contributed by atoms with E-state index in [0.717, 1.165) is 84.7 Å². The fourth-order valence-electron chi connectivity index (χ4n) is 8.08. The summed E-state index contributed by atoms with van der Waals surface area (Å²) in [6.07, 6.45) is 7.85. The SMILES string of the molecule is C1=CC(N2c3ccccc3Oc3cc(-c4ccc5c(c4)oc4cccc(-c6nc(-c7ccccc7)nc(-c7ccccc7)n6)c45)ccc32)=CC(c2ccccc2)C1. The summed E-state index contributed by atoms with van der Waals surface area (Å²) in [5.41, 5.74) is 10.8. The van der Waals surface area contributed by atoms with Crippen molar-refractivity contribution in [3.8, 4) is 56.8 Å². The molecule has 1 unspecified atom stereocenters. The van der Waals surface area contributed by atoms with Crippen LogP contribution in [0.25, 0.3) is 67.2 Å². The molecule has 6 nitrogen and oxygen atoms in total.